The molecule has 1 saturated carbocycles. The predicted octanol–water partition coefficient (Wildman–Crippen LogP) is 2.59. The van der Waals surface area contributed by atoms with Crippen LogP contribution in [-0.4, -0.2) is 43.0 Å². The normalized spacial score (nSPS) is 20.3. The largest absolute Gasteiger partial charge is 0.349 e. The fourth-order valence-electron chi connectivity index (χ4n) is 3.18. The third-order valence-corrected chi connectivity index (χ3v) is 8.26. The van der Waals surface area contributed by atoms with Gasteiger partial charge in [-0.3, -0.25) is 4.79 Å². The molecular weight excluding hydrogens is 344 g/mol. The molecule has 7 heteroatoms. The maximum Gasteiger partial charge on any atom is 0.261 e. The zero-order valence-electron chi connectivity index (χ0n) is 13.3. The highest BCUT2D eigenvalue weighted by Crippen LogP contribution is 2.32. The predicted molar refractivity (Wildman–Crippen MR) is 95.8 cm³/mol. The Morgan fingerprint density at radius 1 is 1.12 bits per heavy atom. The molecule has 2 aromatic rings. The van der Waals surface area contributed by atoms with Crippen molar-refractivity contribution in [3.8, 4) is 0 Å². The summed E-state index contributed by atoms with van der Waals surface area (Å²) in [6, 6.07) is 9.92. The van der Waals surface area contributed by atoms with Crippen LogP contribution in [0.15, 0.2) is 30.3 Å². The second-order valence-electron chi connectivity index (χ2n) is 6.54. The maximum atomic E-state index is 12.4. The second kappa shape index (κ2) is 6.13. The van der Waals surface area contributed by atoms with Crippen molar-refractivity contribution in [1.82, 2.24) is 9.62 Å². The molecule has 1 N–H and O–H groups in total. The number of hydrogen-bond acceptors (Lipinski definition) is 4. The van der Waals surface area contributed by atoms with Crippen LogP contribution in [0.1, 0.15) is 35.4 Å². The minimum Gasteiger partial charge on any atom is -0.349 e. The van der Waals surface area contributed by atoms with Crippen molar-refractivity contribution in [2.24, 2.45) is 0 Å². The van der Waals surface area contributed by atoms with Gasteiger partial charge in [-0.25, -0.2) is 12.7 Å². The number of nitrogens with one attached hydrogen (secondary N) is 1. The van der Waals surface area contributed by atoms with Gasteiger partial charge in [0.25, 0.3) is 5.91 Å². The Morgan fingerprint density at radius 2 is 1.83 bits per heavy atom. The van der Waals surface area contributed by atoms with Crippen LogP contribution in [0.25, 0.3) is 10.1 Å². The molecule has 0 spiro atoms. The van der Waals surface area contributed by atoms with E-state index in [4.69, 9.17) is 0 Å². The van der Waals surface area contributed by atoms with Crippen LogP contribution in [0.2, 0.25) is 0 Å². The molecule has 0 bridgehead atoms. The van der Waals surface area contributed by atoms with E-state index < -0.39 is 10.0 Å². The zero-order valence-corrected chi connectivity index (χ0v) is 14.9. The standard InChI is InChI=1S/C17H20N2O3S2/c20-17(16-11-12-3-1-2-4-15(12)23-16)18-13-7-9-19(10-8-13)24(21,22)14-5-6-14/h1-4,11,13-14H,5-10H2,(H,18,20). The van der Waals surface area contributed by atoms with Crippen LogP contribution in [0.4, 0.5) is 0 Å². The van der Waals surface area contributed by atoms with Crippen LogP contribution in [-0.2, 0) is 10.0 Å². The minimum absolute atomic E-state index is 0.0494. The minimum atomic E-state index is -3.09. The van der Waals surface area contributed by atoms with E-state index in [1.165, 1.54) is 11.3 Å². The lowest BCUT2D eigenvalue weighted by atomic mass is 10.1. The second-order valence-corrected chi connectivity index (χ2v) is 9.84. The summed E-state index contributed by atoms with van der Waals surface area (Å²) in [6.45, 7) is 1.02. The van der Waals surface area contributed by atoms with E-state index in [0.717, 1.165) is 22.9 Å². The van der Waals surface area contributed by atoms with E-state index in [1.807, 2.05) is 30.3 Å². The number of amides is 1. The fraction of sp³-hybridized carbons (Fsp3) is 0.471. The highest BCUT2D eigenvalue weighted by molar-refractivity contribution is 7.90. The average Bonchev–Trinajstić information content (AvgIpc) is 3.35. The smallest absolute Gasteiger partial charge is 0.261 e. The molecule has 1 aromatic heterocycles. The number of piperidine rings is 1. The Kier molecular flexibility index (Phi) is 4.10. The molecule has 2 aliphatic rings. The number of carbonyl (C=O) groups excluding carboxylic acids is 1. The first-order valence-electron chi connectivity index (χ1n) is 8.32. The molecule has 2 heterocycles. The van der Waals surface area contributed by atoms with Gasteiger partial charge in [-0.2, -0.15) is 0 Å². The Morgan fingerprint density at radius 3 is 2.50 bits per heavy atom. The van der Waals surface area contributed by atoms with Crippen molar-refractivity contribution >= 4 is 37.4 Å². The number of rotatable bonds is 4. The van der Waals surface area contributed by atoms with Crippen molar-refractivity contribution in [3.63, 3.8) is 0 Å². The van der Waals surface area contributed by atoms with Gasteiger partial charge in [-0.1, -0.05) is 18.2 Å². The lowest BCUT2D eigenvalue weighted by Gasteiger charge is -2.31. The Labute approximate surface area is 145 Å². The molecule has 1 aliphatic carbocycles. The molecule has 128 valence electrons. The van der Waals surface area contributed by atoms with Crippen LogP contribution in [0, 0.1) is 0 Å². The molecule has 1 aliphatic heterocycles. The molecule has 1 amide bonds. The third kappa shape index (κ3) is 3.08. The van der Waals surface area contributed by atoms with E-state index in [9.17, 15) is 13.2 Å². The van der Waals surface area contributed by atoms with Gasteiger partial charge in [-0.05, 0) is 43.2 Å². The summed E-state index contributed by atoms with van der Waals surface area (Å²) in [5.41, 5.74) is 0. The number of sulfonamides is 1. The zero-order chi connectivity index (χ0) is 16.7. The van der Waals surface area contributed by atoms with Gasteiger partial charge < -0.3 is 5.32 Å². The molecule has 0 unspecified atom stereocenters. The van der Waals surface area contributed by atoms with Crippen molar-refractivity contribution in [3.05, 3.63) is 35.2 Å². The Bertz CT molecular complexity index is 830. The monoisotopic (exact) mass is 364 g/mol. The molecule has 4 rings (SSSR count). The average molecular weight is 364 g/mol. The molecule has 0 atom stereocenters. The summed E-state index contributed by atoms with van der Waals surface area (Å²) in [7, 11) is -3.09. The summed E-state index contributed by atoms with van der Waals surface area (Å²) in [5, 5.41) is 3.99. The van der Waals surface area contributed by atoms with Gasteiger partial charge in [0.05, 0.1) is 10.1 Å². The Hall–Kier alpha value is -1.44. The van der Waals surface area contributed by atoms with Crippen LogP contribution in [0.3, 0.4) is 0 Å². The van der Waals surface area contributed by atoms with E-state index in [1.54, 1.807) is 4.31 Å². The quantitative estimate of drug-likeness (QED) is 0.907. The number of nitrogens with zero attached hydrogens (tertiary/aromatic N) is 1. The highest BCUT2D eigenvalue weighted by Gasteiger charge is 2.41. The molecule has 5 nitrogen and oxygen atoms in total. The van der Waals surface area contributed by atoms with E-state index in [-0.39, 0.29) is 17.2 Å². The summed E-state index contributed by atoms with van der Waals surface area (Å²) in [5.74, 6) is -0.0558. The number of benzene rings is 1. The molecular formula is C17H20N2O3S2. The number of fused-ring (bicyclic) bond motifs is 1. The lowest BCUT2D eigenvalue weighted by molar-refractivity contribution is 0.0928. The number of hydrogen-bond donors (Lipinski definition) is 1. The molecule has 1 aromatic carbocycles. The van der Waals surface area contributed by atoms with Gasteiger partial charge in [-0.15, -0.1) is 11.3 Å². The molecule has 2 fully saturated rings. The summed E-state index contributed by atoms with van der Waals surface area (Å²) < 4.78 is 27.2. The Balaban J connectivity index is 1.37. The SMILES string of the molecule is O=C(NC1CCN(S(=O)(=O)C2CC2)CC1)c1cc2ccccc2s1. The third-order valence-electron chi connectivity index (χ3n) is 4.74. The van der Waals surface area contributed by atoms with E-state index >= 15 is 0 Å². The van der Waals surface area contributed by atoms with E-state index in [0.29, 0.717) is 30.8 Å². The van der Waals surface area contributed by atoms with Crippen molar-refractivity contribution < 1.29 is 13.2 Å². The first-order valence-corrected chi connectivity index (χ1v) is 10.6. The van der Waals surface area contributed by atoms with E-state index in [2.05, 4.69) is 5.32 Å². The fourth-order valence-corrected chi connectivity index (χ4v) is 6.02. The highest BCUT2D eigenvalue weighted by atomic mass is 32.2. The summed E-state index contributed by atoms with van der Waals surface area (Å²) >= 11 is 1.49. The van der Waals surface area contributed by atoms with Gasteiger partial charge in [0, 0.05) is 23.8 Å². The summed E-state index contributed by atoms with van der Waals surface area (Å²) in [6.07, 6.45) is 2.96. The maximum absolute atomic E-state index is 12.4. The summed E-state index contributed by atoms with van der Waals surface area (Å²) in [4.78, 5) is 13.2. The first kappa shape index (κ1) is 16.1. The van der Waals surface area contributed by atoms with Crippen LogP contribution >= 0.6 is 11.3 Å². The van der Waals surface area contributed by atoms with Gasteiger partial charge in [0.1, 0.15) is 0 Å². The number of carbonyl (C=O) groups is 1. The van der Waals surface area contributed by atoms with Gasteiger partial charge in [0.2, 0.25) is 10.0 Å². The van der Waals surface area contributed by atoms with Crippen molar-refractivity contribution in [2.75, 3.05) is 13.1 Å². The molecule has 1 saturated heterocycles. The molecule has 24 heavy (non-hydrogen) atoms. The first-order chi connectivity index (χ1) is 11.5. The van der Waals surface area contributed by atoms with Crippen LogP contribution in [0.5, 0.6) is 0 Å². The number of thiophene rings is 1. The van der Waals surface area contributed by atoms with Crippen molar-refractivity contribution in [2.45, 2.75) is 37.0 Å². The topological polar surface area (TPSA) is 66.5 Å². The van der Waals surface area contributed by atoms with Gasteiger partial charge >= 0.3 is 0 Å². The molecule has 0 radical (unpaired) electrons. The lowest BCUT2D eigenvalue weighted by Crippen LogP contribution is -2.47. The van der Waals surface area contributed by atoms with Crippen molar-refractivity contribution in [1.29, 1.82) is 0 Å². The van der Waals surface area contributed by atoms with Crippen LogP contribution < -0.4 is 5.32 Å². The van der Waals surface area contributed by atoms with Gasteiger partial charge in [0.15, 0.2) is 0 Å².